The highest BCUT2D eigenvalue weighted by molar-refractivity contribution is 5.34. The lowest BCUT2D eigenvalue weighted by Crippen LogP contribution is -2.41. The summed E-state index contributed by atoms with van der Waals surface area (Å²) in [4.78, 5) is 10.2. The molecular formula is C13H20N2O3. The summed E-state index contributed by atoms with van der Waals surface area (Å²) >= 11 is 0. The van der Waals surface area contributed by atoms with Crippen LogP contribution in [0.1, 0.15) is 38.8 Å². The quantitative estimate of drug-likeness (QED) is 0.602. The molecule has 100 valence electrons. The van der Waals surface area contributed by atoms with Gasteiger partial charge in [-0.3, -0.25) is 10.1 Å². The van der Waals surface area contributed by atoms with E-state index in [9.17, 15) is 10.1 Å². The van der Waals surface area contributed by atoms with Gasteiger partial charge in [0.15, 0.2) is 0 Å². The molecular weight excluding hydrogens is 232 g/mol. The fraction of sp³-hybridized carbons (Fsp3) is 0.538. The van der Waals surface area contributed by atoms with E-state index < -0.39 is 4.92 Å². The van der Waals surface area contributed by atoms with Crippen molar-refractivity contribution in [3.8, 4) is 0 Å². The molecule has 0 bridgehead atoms. The van der Waals surface area contributed by atoms with Gasteiger partial charge in [0.05, 0.1) is 4.92 Å². The fourth-order valence-corrected chi connectivity index (χ4v) is 1.91. The second-order valence-electron chi connectivity index (χ2n) is 5.07. The predicted octanol–water partition coefficient (Wildman–Crippen LogP) is 2.41. The van der Waals surface area contributed by atoms with Crippen LogP contribution < -0.4 is 5.32 Å². The average molecular weight is 252 g/mol. The van der Waals surface area contributed by atoms with Crippen LogP contribution in [0.15, 0.2) is 24.3 Å². The number of hydrogen-bond acceptors (Lipinski definition) is 4. The molecule has 0 aliphatic heterocycles. The molecule has 1 aromatic carbocycles. The van der Waals surface area contributed by atoms with E-state index in [1.165, 1.54) is 12.1 Å². The van der Waals surface area contributed by atoms with Crippen molar-refractivity contribution in [1.29, 1.82) is 0 Å². The molecule has 0 aliphatic carbocycles. The van der Waals surface area contributed by atoms with Crippen LogP contribution in [-0.4, -0.2) is 22.2 Å². The lowest BCUT2D eigenvalue weighted by atomic mass is 9.98. The van der Waals surface area contributed by atoms with E-state index in [1.54, 1.807) is 12.1 Å². The smallest absolute Gasteiger partial charge is 0.269 e. The third-order valence-electron chi connectivity index (χ3n) is 2.95. The minimum absolute atomic E-state index is 0.0763. The Kier molecular flexibility index (Phi) is 4.81. The van der Waals surface area contributed by atoms with Crippen molar-refractivity contribution in [1.82, 2.24) is 5.32 Å². The summed E-state index contributed by atoms with van der Waals surface area (Å²) < 4.78 is 0. The molecule has 0 radical (unpaired) electrons. The van der Waals surface area contributed by atoms with E-state index in [4.69, 9.17) is 5.11 Å². The lowest BCUT2D eigenvalue weighted by Gasteiger charge is -2.30. The van der Waals surface area contributed by atoms with Crippen molar-refractivity contribution in [2.45, 2.75) is 38.8 Å². The van der Waals surface area contributed by atoms with E-state index in [0.717, 1.165) is 5.56 Å². The van der Waals surface area contributed by atoms with Crippen LogP contribution in [0.4, 0.5) is 5.69 Å². The Morgan fingerprint density at radius 3 is 2.39 bits per heavy atom. The normalized spacial score (nSPS) is 13.3. The summed E-state index contributed by atoms with van der Waals surface area (Å²) in [5.74, 6) is 0. The molecule has 1 unspecified atom stereocenters. The highest BCUT2D eigenvalue weighted by Crippen LogP contribution is 2.20. The van der Waals surface area contributed by atoms with Crippen molar-refractivity contribution in [3.63, 3.8) is 0 Å². The number of nitro benzene ring substituents is 1. The number of nitro groups is 1. The maximum absolute atomic E-state index is 10.6. The van der Waals surface area contributed by atoms with E-state index in [0.29, 0.717) is 6.42 Å². The second kappa shape index (κ2) is 5.93. The average Bonchev–Trinajstić information content (AvgIpc) is 2.28. The summed E-state index contributed by atoms with van der Waals surface area (Å²) in [5.41, 5.74) is 0.919. The topological polar surface area (TPSA) is 75.4 Å². The zero-order chi connectivity index (χ0) is 13.8. The van der Waals surface area contributed by atoms with Crippen LogP contribution in [0.3, 0.4) is 0 Å². The maximum Gasteiger partial charge on any atom is 0.269 e. The van der Waals surface area contributed by atoms with Gasteiger partial charge in [-0.05, 0) is 32.8 Å². The van der Waals surface area contributed by atoms with Gasteiger partial charge in [-0.1, -0.05) is 12.1 Å². The van der Waals surface area contributed by atoms with Gasteiger partial charge in [0.25, 0.3) is 5.69 Å². The van der Waals surface area contributed by atoms with E-state index in [-0.39, 0.29) is 23.9 Å². The molecule has 18 heavy (non-hydrogen) atoms. The Bertz CT molecular complexity index is 401. The van der Waals surface area contributed by atoms with Gasteiger partial charge in [0.1, 0.15) is 0 Å². The molecule has 0 spiro atoms. The monoisotopic (exact) mass is 252 g/mol. The first-order valence-corrected chi connectivity index (χ1v) is 5.98. The zero-order valence-corrected chi connectivity index (χ0v) is 11.0. The molecule has 0 fully saturated rings. The molecule has 0 saturated heterocycles. The van der Waals surface area contributed by atoms with Crippen LogP contribution in [-0.2, 0) is 0 Å². The number of aliphatic hydroxyl groups is 1. The van der Waals surface area contributed by atoms with Crippen molar-refractivity contribution < 1.29 is 10.0 Å². The first-order valence-electron chi connectivity index (χ1n) is 5.98. The first-order chi connectivity index (χ1) is 8.35. The number of non-ortho nitro benzene ring substituents is 1. The van der Waals surface area contributed by atoms with Gasteiger partial charge in [-0.2, -0.15) is 0 Å². The highest BCUT2D eigenvalue weighted by Gasteiger charge is 2.20. The molecule has 5 heteroatoms. The number of benzene rings is 1. The van der Waals surface area contributed by atoms with Crippen molar-refractivity contribution in [2.75, 3.05) is 6.61 Å². The first kappa shape index (κ1) is 14.6. The molecule has 1 rings (SSSR count). The molecule has 1 atom stereocenters. The summed E-state index contributed by atoms with van der Waals surface area (Å²) in [5, 5.41) is 22.9. The third-order valence-corrected chi connectivity index (χ3v) is 2.95. The van der Waals surface area contributed by atoms with Crippen LogP contribution in [0.25, 0.3) is 0 Å². The third kappa shape index (κ3) is 4.09. The molecule has 0 aliphatic rings. The second-order valence-corrected chi connectivity index (χ2v) is 5.07. The Morgan fingerprint density at radius 1 is 1.39 bits per heavy atom. The number of hydrogen-bond donors (Lipinski definition) is 2. The Balaban J connectivity index is 2.72. The SMILES string of the molecule is CC(NC(C)(C)CCO)c1ccc([N+](=O)[O-])cc1. The minimum Gasteiger partial charge on any atom is -0.396 e. The van der Waals surface area contributed by atoms with Gasteiger partial charge >= 0.3 is 0 Å². The van der Waals surface area contributed by atoms with Gasteiger partial charge in [0, 0.05) is 30.3 Å². The van der Waals surface area contributed by atoms with E-state index in [1.807, 2.05) is 20.8 Å². The summed E-state index contributed by atoms with van der Waals surface area (Å²) in [7, 11) is 0. The molecule has 2 N–H and O–H groups in total. The lowest BCUT2D eigenvalue weighted by molar-refractivity contribution is -0.384. The van der Waals surface area contributed by atoms with E-state index >= 15 is 0 Å². The molecule has 1 aromatic rings. The zero-order valence-electron chi connectivity index (χ0n) is 11.0. The molecule has 0 amide bonds. The standard InChI is InChI=1S/C13H20N2O3/c1-10(14-13(2,3)8-9-16)11-4-6-12(7-5-11)15(17)18/h4-7,10,14,16H,8-9H2,1-3H3. The van der Waals surface area contributed by atoms with Crippen LogP contribution in [0, 0.1) is 10.1 Å². The molecule has 0 heterocycles. The summed E-state index contributed by atoms with van der Waals surface area (Å²) in [6.07, 6.45) is 0.657. The Morgan fingerprint density at radius 2 is 1.94 bits per heavy atom. The van der Waals surface area contributed by atoms with Gasteiger partial charge in [0.2, 0.25) is 0 Å². The van der Waals surface area contributed by atoms with Crippen LogP contribution >= 0.6 is 0 Å². The summed E-state index contributed by atoms with van der Waals surface area (Å²) in [6.45, 7) is 6.17. The molecule has 5 nitrogen and oxygen atoms in total. The van der Waals surface area contributed by atoms with Crippen molar-refractivity contribution >= 4 is 5.69 Å². The number of nitrogens with zero attached hydrogens (tertiary/aromatic N) is 1. The number of rotatable bonds is 6. The van der Waals surface area contributed by atoms with Gasteiger partial charge in [-0.15, -0.1) is 0 Å². The van der Waals surface area contributed by atoms with Crippen molar-refractivity contribution in [2.24, 2.45) is 0 Å². The Labute approximate surface area is 107 Å². The maximum atomic E-state index is 10.6. The fourth-order valence-electron chi connectivity index (χ4n) is 1.91. The van der Waals surface area contributed by atoms with Crippen LogP contribution in [0.5, 0.6) is 0 Å². The van der Waals surface area contributed by atoms with Gasteiger partial charge < -0.3 is 10.4 Å². The number of aliphatic hydroxyl groups excluding tert-OH is 1. The minimum atomic E-state index is -0.405. The molecule has 0 aromatic heterocycles. The highest BCUT2D eigenvalue weighted by atomic mass is 16.6. The van der Waals surface area contributed by atoms with Crippen molar-refractivity contribution in [3.05, 3.63) is 39.9 Å². The Hall–Kier alpha value is -1.46. The largest absolute Gasteiger partial charge is 0.396 e. The van der Waals surface area contributed by atoms with E-state index in [2.05, 4.69) is 5.32 Å². The number of nitrogens with one attached hydrogen (secondary N) is 1. The van der Waals surface area contributed by atoms with Crippen LogP contribution in [0.2, 0.25) is 0 Å². The predicted molar refractivity (Wildman–Crippen MR) is 70.4 cm³/mol. The van der Waals surface area contributed by atoms with Gasteiger partial charge in [-0.25, -0.2) is 0 Å². The molecule has 0 saturated carbocycles. The summed E-state index contributed by atoms with van der Waals surface area (Å²) in [6, 6.07) is 6.60.